The standard InChI is InChI=1S/C25H25N3O4/c1-32-17-6-7-18-16(12-23(29)30)14-25(19(18)13-17)8-10-28(11-9-25)24(31)22-15-26-20-4-2-3-5-21(20)27-22/h2-7,13,15-16H,8-12,14H2,1H3,(H,29,30)/t16-/m1/s1. The fourth-order valence-electron chi connectivity index (χ4n) is 5.40. The number of para-hydroxylation sites is 2. The molecule has 7 nitrogen and oxygen atoms in total. The monoisotopic (exact) mass is 431 g/mol. The van der Waals surface area contributed by atoms with Crippen molar-refractivity contribution in [3.05, 3.63) is 65.5 Å². The van der Waals surface area contributed by atoms with Crippen LogP contribution in [0.15, 0.2) is 48.7 Å². The molecule has 2 heterocycles. The minimum absolute atomic E-state index is 0.0120. The van der Waals surface area contributed by atoms with Gasteiger partial charge >= 0.3 is 5.97 Å². The van der Waals surface area contributed by atoms with Crippen molar-refractivity contribution in [3.63, 3.8) is 0 Å². The minimum Gasteiger partial charge on any atom is -0.497 e. The minimum atomic E-state index is -0.781. The second kappa shape index (κ2) is 7.89. The van der Waals surface area contributed by atoms with Crippen LogP contribution in [0.4, 0.5) is 0 Å². The molecule has 5 rings (SSSR count). The Morgan fingerprint density at radius 3 is 2.62 bits per heavy atom. The van der Waals surface area contributed by atoms with E-state index < -0.39 is 5.97 Å². The van der Waals surface area contributed by atoms with Crippen LogP contribution >= 0.6 is 0 Å². The van der Waals surface area contributed by atoms with Crippen LogP contribution in [0.5, 0.6) is 5.75 Å². The third-order valence-electron chi connectivity index (χ3n) is 7.01. The molecule has 7 heteroatoms. The van der Waals surface area contributed by atoms with E-state index >= 15 is 0 Å². The van der Waals surface area contributed by atoms with E-state index in [0.29, 0.717) is 24.3 Å². The number of rotatable bonds is 4. The zero-order valence-corrected chi connectivity index (χ0v) is 18.0. The molecule has 1 spiro atoms. The van der Waals surface area contributed by atoms with Gasteiger partial charge in [0.05, 0.1) is 30.8 Å². The average Bonchev–Trinajstić information content (AvgIpc) is 3.10. The van der Waals surface area contributed by atoms with Gasteiger partial charge in [-0.25, -0.2) is 4.98 Å². The summed E-state index contributed by atoms with van der Waals surface area (Å²) >= 11 is 0. The van der Waals surface area contributed by atoms with E-state index in [4.69, 9.17) is 4.74 Å². The van der Waals surface area contributed by atoms with Crippen LogP contribution in [0.3, 0.4) is 0 Å². The van der Waals surface area contributed by atoms with Crippen LogP contribution in [0, 0.1) is 0 Å². The Hall–Kier alpha value is -3.48. The molecule has 1 fully saturated rings. The van der Waals surface area contributed by atoms with E-state index in [0.717, 1.165) is 36.1 Å². The number of carboxylic acid groups (broad SMARTS) is 1. The molecule has 32 heavy (non-hydrogen) atoms. The number of methoxy groups -OCH3 is 1. The molecule has 0 saturated carbocycles. The number of aromatic nitrogens is 2. The molecule has 1 atom stereocenters. The highest BCUT2D eigenvalue weighted by molar-refractivity contribution is 5.93. The third kappa shape index (κ3) is 3.47. The van der Waals surface area contributed by atoms with Gasteiger partial charge in [0.25, 0.3) is 5.91 Å². The molecule has 1 N–H and O–H groups in total. The van der Waals surface area contributed by atoms with E-state index in [2.05, 4.69) is 16.0 Å². The maximum Gasteiger partial charge on any atom is 0.303 e. The molecule has 164 valence electrons. The van der Waals surface area contributed by atoms with E-state index in [1.54, 1.807) is 13.3 Å². The van der Waals surface area contributed by atoms with Gasteiger partial charge in [-0.05, 0) is 66.0 Å². The summed E-state index contributed by atoms with van der Waals surface area (Å²) in [6, 6.07) is 13.5. The number of carbonyl (C=O) groups excluding carboxylic acids is 1. The number of fused-ring (bicyclic) bond motifs is 3. The summed E-state index contributed by atoms with van der Waals surface area (Å²) in [6.07, 6.45) is 4.04. The van der Waals surface area contributed by atoms with E-state index in [-0.39, 0.29) is 23.7 Å². The van der Waals surface area contributed by atoms with Crippen molar-refractivity contribution in [2.24, 2.45) is 0 Å². The molecule has 0 bridgehead atoms. The summed E-state index contributed by atoms with van der Waals surface area (Å²) in [4.78, 5) is 35.3. The molecule has 2 aliphatic rings. The van der Waals surface area contributed by atoms with Crippen molar-refractivity contribution in [3.8, 4) is 5.75 Å². The zero-order chi connectivity index (χ0) is 22.3. The Labute approximate surface area is 186 Å². The molecule has 1 aliphatic heterocycles. The van der Waals surface area contributed by atoms with Crippen molar-refractivity contribution in [1.29, 1.82) is 0 Å². The number of carboxylic acids is 1. The highest BCUT2D eigenvalue weighted by Crippen LogP contribution is 2.53. The van der Waals surface area contributed by atoms with Crippen molar-refractivity contribution in [2.45, 2.75) is 37.0 Å². The van der Waals surface area contributed by atoms with Crippen molar-refractivity contribution in [2.75, 3.05) is 20.2 Å². The first-order valence-corrected chi connectivity index (χ1v) is 10.9. The summed E-state index contributed by atoms with van der Waals surface area (Å²) in [5, 5.41) is 9.41. The Morgan fingerprint density at radius 2 is 1.91 bits per heavy atom. The third-order valence-corrected chi connectivity index (χ3v) is 7.01. The molecule has 0 unspecified atom stereocenters. The lowest BCUT2D eigenvalue weighted by atomic mass is 9.73. The van der Waals surface area contributed by atoms with Crippen LogP contribution in [0.1, 0.15) is 53.2 Å². The van der Waals surface area contributed by atoms with Crippen LogP contribution in [0.2, 0.25) is 0 Å². The summed E-state index contributed by atoms with van der Waals surface area (Å²) in [7, 11) is 1.64. The van der Waals surface area contributed by atoms with Gasteiger partial charge in [0.2, 0.25) is 0 Å². The first-order valence-electron chi connectivity index (χ1n) is 10.9. The van der Waals surface area contributed by atoms with E-state index in [1.807, 2.05) is 41.3 Å². The fraction of sp³-hybridized carbons (Fsp3) is 0.360. The van der Waals surface area contributed by atoms with E-state index in [1.165, 1.54) is 5.56 Å². The largest absolute Gasteiger partial charge is 0.497 e. The van der Waals surface area contributed by atoms with Crippen molar-refractivity contribution >= 4 is 22.9 Å². The van der Waals surface area contributed by atoms with Crippen LogP contribution in [-0.4, -0.2) is 52.1 Å². The molecule has 2 aromatic carbocycles. The smallest absolute Gasteiger partial charge is 0.303 e. The van der Waals surface area contributed by atoms with Gasteiger partial charge in [0, 0.05) is 13.1 Å². The molecule has 1 saturated heterocycles. The highest BCUT2D eigenvalue weighted by atomic mass is 16.5. The lowest BCUT2D eigenvalue weighted by Crippen LogP contribution is -2.44. The zero-order valence-electron chi connectivity index (χ0n) is 18.0. The normalized spacial score (nSPS) is 19.2. The highest BCUT2D eigenvalue weighted by Gasteiger charge is 2.46. The lowest BCUT2D eigenvalue weighted by molar-refractivity contribution is -0.137. The number of amides is 1. The number of carbonyl (C=O) groups is 2. The predicted molar refractivity (Wildman–Crippen MR) is 119 cm³/mol. The Morgan fingerprint density at radius 1 is 1.16 bits per heavy atom. The molecular formula is C25H25N3O4. The number of piperidine rings is 1. The Bertz CT molecular complexity index is 1200. The first-order chi connectivity index (χ1) is 15.5. The van der Waals surface area contributed by atoms with Gasteiger partial charge < -0.3 is 14.7 Å². The molecular weight excluding hydrogens is 406 g/mol. The summed E-state index contributed by atoms with van der Waals surface area (Å²) in [5.41, 5.74) is 3.99. The maximum atomic E-state index is 13.1. The SMILES string of the molecule is COc1ccc2c(c1)C1(CCN(C(=O)c3cnc4ccccc4n3)CC1)C[C@H]2CC(=O)O. The Kier molecular flexibility index (Phi) is 5.04. The van der Waals surface area contributed by atoms with Crippen LogP contribution < -0.4 is 4.74 Å². The molecule has 1 aromatic heterocycles. The number of hydrogen-bond acceptors (Lipinski definition) is 5. The second-order valence-electron chi connectivity index (χ2n) is 8.77. The quantitative estimate of drug-likeness (QED) is 0.676. The number of benzene rings is 2. The number of ether oxygens (including phenoxy) is 1. The first kappa shape index (κ1) is 20.4. The second-order valence-corrected chi connectivity index (χ2v) is 8.77. The number of likely N-dealkylation sites (tertiary alicyclic amines) is 1. The van der Waals surface area contributed by atoms with E-state index in [9.17, 15) is 14.7 Å². The summed E-state index contributed by atoms with van der Waals surface area (Å²) < 4.78 is 5.45. The molecule has 1 amide bonds. The van der Waals surface area contributed by atoms with Crippen molar-refractivity contribution < 1.29 is 19.4 Å². The van der Waals surface area contributed by atoms with Crippen molar-refractivity contribution in [1.82, 2.24) is 14.9 Å². The lowest BCUT2D eigenvalue weighted by Gasteiger charge is -2.40. The van der Waals surface area contributed by atoms with Gasteiger partial charge in [0.1, 0.15) is 11.4 Å². The van der Waals surface area contributed by atoms with Gasteiger partial charge in [-0.2, -0.15) is 0 Å². The average molecular weight is 431 g/mol. The van der Waals surface area contributed by atoms with Gasteiger partial charge in [-0.15, -0.1) is 0 Å². The number of nitrogens with zero attached hydrogens (tertiary/aromatic N) is 3. The topological polar surface area (TPSA) is 92.6 Å². The van der Waals surface area contributed by atoms with Crippen LogP contribution in [-0.2, 0) is 10.2 Å². The summed E-state index contributed by atoms with van der Waals surface area (Å²) in [5.74, 6) is -0.119. The fourth-order valence-corrected chi connectivity index (χ4v) is 5.40. The van der Waals surface area contributed by atoms with Gasteiger partial charge in [-0.3, -0.25) is 14.6 Å². The van der Waals surface area contributed by atoms with Crippen LogP contribution in [0.25, 0.3) is 11.0 Å². The molecule has 0 radical (unpaired) electrons. The predicted octanol–water partition coefficient (Wildman–Crippen LogP) is 3.77. The Balaban J connectivity index is 1.38. The summed E-state index contributed by atoms with van der Waals surface area (Å²) in [6.45, 7) is 1.20. The molecule has 1 aliphatic carbocycles. The van der Waals surface area contributed by atoms with Gasteiger partial charge in [-0.1, -0.05) is 18.2 Å². The van der Waals surface area contributed by atoms with Gasteiger partial charge in [0.15, 0.2) is 0 Å². The maximum absolute atomic E-state index is 13.1. The number of aliphatic carboxylic acids is 1. The number of hydrogen-bond donors (Lipinski definition) is 1. The molecule has 3 aromatic rings.